The molecule has 106 valence electrons. The fourth-order valence-electron chi connectivity index (χ4n) is 1.57. The molecule has 0 aliphatic rings. The Balaban J connectivity index is 1.69. The van der Waals surface area contributed by atoms with Crippen molar-refractivity contribution in [3.05, 3.63) is 40.5 Å². The average Bonchev–Trinajstić information content (AvgIpc) is 2.86. The van der Waals surface area contributed by atoms with E-state index in [1.807, 2.05) is 24.3 Å². The number of aromatic nitrogens is 2. The number of halogens is 1. The normalized spacial score (nSPS) is 10.4. The smallest absolute Gasteiger partial charge is 0.277 e. The summed E-state index contributed by atoms with van der Waals surface area (Å²) in [4.78, 5) is 11.6. The lowest BCUT2D eigenvalue weighted by Gasteiger charge is -2.07. The molecule has 0 spiro atoms. The number of hydrogen-bond donors (Lipinski definition) is 3. The summed E-state index contributed by atoms with van der Waals surface area (Å²) in [5.41, 5.74) is 6.41. The van der Waals surface area contributed by atoms with Gasteiger partial charge in [-0.25, -0.2) is 4.63 Å². The van der Waals surface area contributed by atoms with E-state index in [4.69, 9.17) is 17.3 Å². The second kappa shape index (κ2) is 6.88. The summed E-state index contributed by atoms with van der Waals surface area (Å²) in [6.07, 6.45) is 0. The number of amides is 1. The van der Waals surface area contributed by atoms with Gasteiger partial charge in [0.05, 0.1) is 0 Å². The molecule has 0 saturated heterocycles. The first-order chi connectivity index (χ1) is 9.68. The van der Waals surface area contributed by atoms with Crippen molar-refractivity contribution in [2.75, 3.05) is 18.8 Å². The number of nitrogens with two attached hydrogens (primary N) is 1. The first-order valence-electron chi connectivity index (χ1n) is 5.99. The second-order valence-corrected chi connectivity index (χ2v) is 4.43. The molecule has 0 aliphatic carbocycles. The Labute approximate surface area is 120 Å². The lowest BCUT2D eigenvalue weighted by atomic mass is 10.2. The van der Waals surface area contributed by atoms with Crippen molar-refractivity contribution in [1.29, 1.82) is 0 Å². The van der Waals surface area contributed by atoms with Crippen LogP contribution in [0, 0.1) is 0 Å². The van der Waals surface area contributed by atoms with Crippen LogP contribution in [0.4, 0.5) is 5.82 Å². The summed E-state index contributed by atoms with van der Waals surface area (Å²) in [6, 6.07) is 7.57. The van der Waals surface area contributed by atoms with Crippen molar-refractivity contribution < 1.29 is 9.42 Å². The van der Waals surface area contributed by atoms with E-state index in [-0.39, 0.29) is 11.5 Å². The van der Waals surface area contributed by atoms with E-state index in [9.17, 15) is 4.79 Å². The second-order valence-electron chi connectivity index (χ2n) is 4.02. The molecule has 4 N–H and O–H groups in total. The highest BCUT2D eigenvalue weighted by molar-refractivity contribution is 6.31. The van der Waals surface area contributed by atoms with E-state index in [0.29, 0.717) is 24.7 Å². The van der Waals surface area contributed by atoms with Gasteiger partial charge < -0.3 is 16.4 Å². The van der Waals surface area contributed by atoms with Crippen molar-refractivity contribution in [2.45, 2.75) is 6.54 Å². The molecule has 0 unspecified atom stereocenters. The quantitative estimate of drug-likeness (QED) is 0.681. The van der Waals surface area contributed by atoms with Crippen LogP contribution >= 0.6 is 11.6 Å². The molecule has 1 heterocycles. The molecule has 2 rings (SSSR count). The third-order valence-corrected chi connectivity index (χ3v) is 2.96. The number of anilines is 1. The molecule has 2 aromatic rings. The molecule has 0 bridgehead atoms. The van der Waals surface area contributed by atoms with E-state index in [1.165, 1.54) is 0 Å². The maximum Gasteiger partial charge on any atom is 0.277 e. The van der Waals surface area contributed by atoms with Crippen LogP contribution in [0.2, 0.25) is 5.02 Å². The number of carbonyl (C=O) groups excluding carboxylic acids is 1. The zero-order chi connectivity index (χ0) is 14.4. The van der Waals surface area contributed by atoms with Gasteiger partial charge in [0.1, 0.15) is 0 Å². The van der Waals surface area contributed by atoms with Gasteiger partial charge in [-0.3, -0.25) is 4.79 Å². The summed E-state index contributed by atoms with van der Waals surface area (Å²) in [5.74, 6) is -0.435. The minimum atomic E-state index is -0.414. The number of carbonyl (C=O) groups is 1. The van der Waals surface area contributed by atoms with Gasteiger partial charge in [-0.2, -0.15) is 0 Å². The van der Waals surface area contributed by atoms with Gasteiger partial charge in [0.25, 0.3) is 5.91 Å². The Bertz CT molecular complexity index is 587. The predicted molar refractivity (Wildman–Crippen MR) is 74.2 cm³/mol. The summed E-state index contributed by atoms with van der Waals surface area (Å²) in [5, 5.41) is 13.3. The lowest BCUT2D eigenvalue weighted by molar-refractivity contribution is 0.0944. The van der Waals surface area contributed by atoms with Crippen molar-refractivity contribution in [3.63, 3.8) is 0 Å². The Morgan fingerprint density at radius 1 is 1.30 bits per heavy atom. The summed E-state index contributed by atoms with van der Waals surface area (Å²) in [7, 11) is 0. The number of rotatable bonds is 6. The van der Waals surface area contributed by atoms with Gasteiger partial charge in [-0.1, -0.05) is 29.8 Å². The van der Waals surface area contributed by atoms with Crippen molar-refractivity contribution in [3.8, 4) is 0 Å². The SMILES string of the molecule is Nc1nonc1C(=O)NCCNCc1ccccc1Cl. The van der Waals surface area contributed by atoms with E-state index in [2.05, 4.69) is 25.6 Å². The largest absolute Gasteiger partial charge is 0.379 e. The fraction of sp³-hybridized carbons (Fsp3) is 0.250. The third kappa shape index (κ3) is 3.69. The number of nitrogen functional groups attached to an aromatic ring is 1. The number of hydrogen-bond acceptors (Lipinski definition) is 6. The van der Waals surface area contributed by atoms with Gasteiger partial charge in [-0.15, -0.1) is 0 Å². The molecular weight excluding hydrogens is 282 g/mol. The van der Waals surface area contributed by atoms with Crippen LogP contribution < -0.4 is 16.4 Å². The minimum Gasteiger partial charge on any atom is -0.379 e. The highest BCUT2D eigenvalue weighted by atomic mass is 35.5. The molecule has 0 radical (unpaired) electrons. The van der Waals surface area contributed by atoms with E-state index >= 15 is 0 Å². The molecule has 0 saturated carbocycles. The molecule has 0 atom stereocenters. The summed E-state index contributed by atoms with van der Waals surface area (Å²) in [6.45, 7) is 1.64. The molecule has 7 nitrogen and oxygen atoms in total. The molecule has 20 heavy (non-hydrogen) atoms. The summed E-state index contributed by atoms with van der Waals surface area (Å²) >= 11 is 6.02. The van der Waals surface area contributed by atoms with Crippen molar-refractivity contribution in [1.82, 2.24) is 20.9 Å². The number of benzene rings is 1. The lowest BCUT2D eigenvalue weighted by Crippen LogP contribution is -2.32. The van der Waals surface area contributed by atoms with Crippen LogP contribution in [0.5, 0.6) is 0 Å². The number of nitrogens with one attached hydrogen (secondary N) is 2. The van der Waals surface area contributed by atoms with E-state index < -0.39 is 5.91 Å². The van der Waals surface area contributed by atoms with Crippen LogP contribution in [-0.4, -0.2) is 29.3 Å². The molecule has 1 aromatic carbocycles. The van der Waals surface area contributed by atoms with Crippen molar-refractivity contribution >= 4 is 23.3 Å². The maximum atomic E-state index is 11.6. The Hall–Kier alpha value is -2.12. The Morgan fingerprint density at radius 2 is 2.10 bits per heavy atom. The topological polar surface area (TPSA) is 106 Å². The molecule has 0 aliphatic heterocycles. The predicted octanol–water partition coefficient (Wildman–Crippen LogP) is 0.825. The zero-order valence-electron chi connectivity index (χ0n) is 10.6. The minimum absolute atomic E-state index is 0.00361. The maximum absolute atomic E-state index is 11.6. The van der Waals surface area contributed by atoms with Crippen molar-refractivity contribution in [2.24, 2.45) is 0 Å². The van der Waals surface area contributed by atoms with Crippen LogP contribution in [0.3, 0.4) is 0 Å². The van der Waals surface area contributed by atoms with Crippen LogP contribution in [0.25, 0.3) is 0 Å². The van der Waals surface area contributed by atoms with Crippen LogP contribution in [0.15, 0.2) is 28.9 Å². The Morgan fingerprint density at radius 3 is 2.80 bits per heavy atom. The van der Waals surface area contributed by atoms with Gasteiger partial charge in [0, 0.05) is 24.7 Å². The van der Waals surface area contributed by atoms with Gasteiger partial charge in [0.2, 0.25) is 11.5 Å². The zero-order valence-corrected chi connectivity index (χ0v) is 11.4. The first kappa shape index (κ1) is 14.3. The average molecular weight is 296 g/mol. The molecular formula is C12H14ClN5O2. The van der Waals surface area contributed by atoms with E-state index in [1.54, 1.807) is 0 Å². The standard InChI is InChI=1S/C12H14ClN5O2/c13-9-4-2-1-3-8(9)7-15-5-6-16-12(19)10-11(14)18-20-17-10/h1-4,15H,5-7H2,(H2,14,18)(H,16,19). The Kier molecular flexibility index (Phi) is 4.91. The fourth-order valence-corrected chi connectivity index (χ4v) is 1.77. The first-order valence-corrected chi connectivity index (χ1v) is 6.36. The van der Waals surface area contributed by atoms with Crippen LogP contribution in [-0.2, 0) is 6.54 Å². The monoisotopic (exact) mass is 295 g/mol. The van der Waals surface area contributed by atoms with Gasteiger partial charge in [-0.05, 0) is 21.9 Å². The van der Waals surface area contributed by atoms with E-state index in [0.717, 1.165) is 5.56 Å². The van der Waals surface area contributed by atoms with Gasteiger partial charge >= 0.3 is 0 Å². The highest BCUT2D eigenvalue weighted by Crippen LogP contribution is 2.13. The molecule has 1 aromatic heterocycles. The molecule has 8 heteroatoms. The van der Waals surface area contributed by atoms with Crippen LogP contribution in [0.1, 0.15) is 16.1 Å². The molecule has 0 fully saturated rings. The third-order valence-electron chi connectivity index (χ3n) is 2.59. The number of nitrogens with zero attached hydrogens (tertiary/aromatic N) is 2. The summed E-state index contributed by atoms with van der Waals surface area (Å²) < 4.78 is 4.35. The molecule has 1 amide bonds. The highest BCUT2D eigenvalue weighted by Gasteiger charge is 2.14. The van der Waals surface area contributed by atoms with Gasteiger partial charge in [0.15, 0.2) is 0 Å².